The lowest BCUT2D eigenvalue weighted by atomic mass is 9.86. The van der Waals surface area contributed by atoms with E-state index in [2.05, 4.69) is 23.5 Å². The lowest BCUT2D eigenvalue weighted by molar-refractivity contribution is -0.140. The van der Waals surface area contributed by atoms with E-state index >= 15 is 0 Å². The van der Waals surface area contributed by atoms with Crippen LogP contribution in [0.1, 0.15) is 48.1 Å². The monoisotopic (exact) mass is 470 g/mol. The highest BCUT2D eigenvalue weighted by Gasteiger charge is 2.35. The smallest absolute Gasteiger partial charge is 0.264 e. The molecule has 0 fully saturated rings. The molecule has 3 aromatic carbocycles. The first-order valence-electron chi connectivity index (χ1n) is 12.1. The average Bonchev–Trinajstić information content (AvgIpc) is 2.99. The van der Waals surface area contributed by atoms with Gasteiger partial charge in [0.1, 0.15) is 11.5 Å². The van der Waals surface area contributed by atoms with E-state index in [1.807, 2.05) is 60.4 Å². The van der Waals surface area contributed by atoms with Crippen molar-refractivity contribution in [3.05, 3.63) is 89.0 Å². The zero-order valence-corrected chi connectivity index (χ0v) is 20.1. The molecule has 0 saturated heterocycles. The summed E-state index contributed by atoms with van der Waals surface area (Å²) in [5.41, 5.74) is 5.00. The minimum Gasteiger partial charge on any atom is -0.497 e. The van der Waals surface area contributed by atoms with Gasteiger partial charge in [0.05, 0.1) is 26.1 Å². The Hall–Kier alpha value is -3.80. The van der Waals surface area contributed by atoms with Crippen LogP contribution in [0.25, 0.3) is 0 Å². The van der Waals surface area contributed by atoms with Crippen LogP contribution < -0.4 is 14.8 Å². The highest BCUT2D eigenvalue weighted by Crippen LogP contribution is 2.38. The number of nitrogens with zero attached hydrogens (tertiary/aromatic N) is 1. The fourth-order valence-corrected chi connectivity index (χ4v) is 5.12. The number of carbonyl (C=O) groups excluding carboxylic acids is 2. The summed E-state index contributed by atoms with van der Waals surface area (Å²) < 4.78 is 11.3. The van der Waals surface area contributed by atoms with Crippen molar-refractivity contribution in [2.24, 2.45) is 0 Å². The van der Waals surface area contributed by atoms with Gasteiger partial charge in [0.2, 0.25) is 5.91 Å². The van der Waals surface area contributed by atoms with Gasteiger partial charge >= 0.3 is 0 Å². The average molecular weight is 471 g/mol. The number of hydrogen-bond acceptors (Lipinski definition) is 4. The Labute approximate surface area is 205 Å². The Morgan fingerprint density at radius 1 is 1.09 bits per heavy atom. The molecule has 0 saturated carbocycles. The van der Waals surface area contributed by atoms with Crippen LogP contribution in [0.3, 0.4) is 0 Å². The summed E-state index contributed by atoms with van der Waals surface area (Å²) in [6.45, 7) is 2.25. The van der Waals surface area contributed by atoms with Crippen molar-refractivity contribution < 1.29 is 19.1 Å². The largest absolute Gasteiger partial charge is 0.497 e. The molecule has 2 aliphatic rings. The van der Waals surface area contributed by atoms with Crippen molar-refractivity contribution >= 4 is 17.5 Å². The van der Waals surface area contributed by atoms with E-state index in [4.69, 9.17) is 9.47 Å². The maximum Gasteiger partial charge on any atom is 0.264 e. The number of methoxy groups -OCH3 is 1. The molecule has 1 aliphatic heterocycles. The van der Waals surface area contributed by atoms with Gasteiger partial charge < -0.3 is 19.7 Å². The van der Waals surface area contributed by atoms with Crippen LogP contribution in [0.5, 0.6) is 11.5 Å². The van der Waals surface area contributed by atoms with E-state index in [0.29, 0.717) is 18.0 Å². The quantitative estimate of drug-likeness (QED) is 0.566. The van der Waals surface area contributed by atoms with Gasteiger partial charge in [0.25, 0.3) is 5.91 Å². The second kappa shape index (κ2) is 9.82. The molecule has 0 spiro atoms. The molecule has 6 heteroatoms. The first-order valence-corrected chi connectivity index (χ1v) is 12.1. The number of hydrogen-bond donors (Lipinski definition) is 1. The topological polar surface area (TPSA) is 67.9 Å². The van der Waals surface area contributed by atoms with Gasteiger partial charge in [0.15, 0.2) is 6.10 Å². The molecule has 6 nitrogen and oxygen atoms in total. The summed E-state index contributed by atoms with van der Waals surface area (Å²) in [7, 11) is 1.61. The third kappa shape index (κ3) is 4.87. The molecular formula is C29H30N2O4. The van der Waals surface area contributed by atoms with Gasteiger partial charge in [-0.3, -0.25) is 9.59 Å². The van der Waals surface area contributed by atoms with Gasteiger partial charge in [-0.1, -0.05) is 36.4 Å². The van der Waals surface area contributed by atoms with Crippen LogP contribution >= 0.6 is 0 Å². The van der Waals surface area contributed by atoms with Crippen LogP contribution in [-0.2, 0) is 29.0 Å². The number of carbonyl (C=O) groups is 2. The number of fused-ring (bicyclic) bond motifs is 2. The van der Waals surface area contributed by atoms with E-state index in [1.54, 1.807) is 7.11 Å². The normalized spacial score (nSPS) is 19.1. The molecule has 2 amide bonds. The Kier molecular flexibility index (Phi) is 6.45. The minimum atomic E-state index is -0.571. The number of nitrogens with one attached hydrogen (secondary N) is 1. The van der Waals surface area contributed by atoms with Gasteiger partial charge in [-0.25, -0.2) is 0 Å². The highest BCUT2D eigenvalue weighted by atomic mass is 16.5. The first kappa shape index (κ1) is 23.0. The number of anilines is 1. The molecular weight excluding hydrogens is 440 g/mol. The number of rotatable bonds is 5. The molecule has 5 rings (SSSR count). The number of amides is 2. The summed E-state index contributed by atoms with van der Waals surface area (Å²) in [4.78, 5) is 28.0. The van der Waals surface area contributed by atoms with Crippen molar-refractivity contribution in [3.63, 3.8) is 0 Å². The fraction of sp³-hybridized carbons (Fsp3) is 0.310. The number of ether oxygens (including phenoxy) is 2. The predicted molar refractivity (Wildman–Crippen MR) is 135 cm³/mol. The number of benzene rings is 3. The van der Waals surface area contributed by atoms with Crippen molar-refractivity contribution in [1.82, 2.24) is 4.90 Å². The molecule has 1 heterocycles. The summed E-state index contributed by atoms with van der Waals surface area (Å²) in [6.07, 6.45) is 2.70. The lowest BCUT2D eigenvalue weighted by Gasteiger charge is -2.35. The van der Waals surface area contributed by atoms with Gasteiger partial charge in [-0.2, -0.15) is 0 Å². The van der Waals surface area contributed by atoms with Crippen molar-refractivity contribution in [1.29, 1.82) is 0 Å². The molecule has 0 aromatic heterocycles. The molecule has 2 atom stereocenters. The van der Waals surface area contributed by atoms with E-state index in [-0.39, 0.29) is 24.3 Å². The van der Waals surface area contributed by atoms with Crippen molar-refractivity contribution in [2.45, 2.75) is 51.3 Å². The van der Waals surface area contributed by atoms with E-state index in [1.165, 1.54) is 11.1 Å². The Balaban J connectivity index is 1.37. The Morgan fingerprint density at radius 2 is 1.94 bits per heavy atom. The molecule has 1 aliphatic carbocycles. The van der Waals surface area contributed by atoms with E-state index < -0.39 is 6.10 Å². The number of aryl methyl sites for hydroxylation is 1. The van der Waals surface area contributed by atoms with Gasteiger partial charge in [0, 0.05) is 11.3 Å². The predicted octanol–water partition coefficient (Wildman–Crippen LogP) is 5.06. The van der Waals surface area contributed by atoms with Crippen LogP contribution in [0.4, 0.5) is 5.69 Å². The van der Waals surface area contributed by atoms with Crippen LogP contribution in [0.2, 0.25) is 0 Å². The Morgan fingerprint density at radius 3 is 2.80 bits per heavy atom. The third-order valence-corrected chi connectivity index (χ3v) is 6.83. The standard InChI is InChI=1S/C29H30N2O4/c1-19-29(33)31(26-12-6-9-21-8-3-4-11-25(21)26)18-22-17-23(13-14-27(22)35-19)30-28(32)16-20-7-5-10-24(15-20)34-2/h3-5,7-8,10-11,13-15,17,19,26H,6,9,12,16,18H2,1-2H3,(H,30,32). The van der Waals surface area contributed by atoms with E-state index in [0.717, 1.165) is 36.1 Å². The second-order valence-corrected chi connectivity index (χ2v) is 9.23. The zero-order valence-electron chi connectivity index (χ0n) is 20.1. The molecule has 180 valence electrons. The van der Waals surface area contributed by atoms with Crippen LogP contribution in [-0.4, -0.2) is 29.9 Å². The molecule has 1 N–H and O–H groups in total. The summed E-state index contributed by atoms with van der Waals surface area (Å²) in [5.74, 6) is 1.28. The SMILES string of the molecule is COc1cccc(CC(=O)Nc2ccc3c(c2)CN(C2CCCc4ccccc42)C(=O)C(C)O3)c1. The summed E-state index contributed by atoms with van der Waals surface area (Å²) in [5, 5.41) is 2.99. The maximum absolute atomic E-state index is 13.4. The van der Waals surface area contributed by atoms with Gasteiger partial charge in [-0.05, 0) is 73.2 Å². The first-order chi connectivity index (χ1) is 17.0. The van der Waals surface area contributed by atoms with Crippen molar-refractivity contribution in [2.75, 3.05) is 12.4 Å². The zero-order chi connectivity index (χ0) is 24.4. The maximum atomic E-state index is 13.4. The lowest BCUT2D eigenvalue weighted by Crippen LogP contribution is -2.41. The minimum absolute atomic E-state index is 0.00786. The molecule has 0 bridgehead atoms. The molecule has 3 aromatic rings. The third-order valence-electron chi connectivity index (χ3n) is 6.83. The van der Waals surface area contributed by atoms with E-state index in [9.17, 15) is 9.59 Å². The summed E-state index contributed by atoms with van der Waals surface area (Å²) in [6, 6.07) is 21.5. The van der Waals surface area contributed by atoms with Crippen LogP contribution in [0.15, 0.2) is 66.7 Å². The fourth-order valence-electron chi connectivity index (χ4n) is 5.12. The van der Waals surface area contributed by atoms with Crippen molar-refractivity contribution in [3.8, 4) is 11.5 Å². The molecule has 35 heavy (non-hydrogen) atoms. The second-order valence-electron chi connectivity index (χ2n) is 9.23. The summed E-state index contributed by atoms with van der Waals surface area (Å²) >= 11 is 0. The molecule has 2 unspecified atom stereocenters. The van der Waals surface area contributed by atoms with Crippen LogP contribution in [0, 0.1) is 0 Å². The highest BCUT2D eigenvalue weighted by molar-refractivity contribution is 5.92. The van der Waals surface area contributed by atoms with Gasteiger partial charge in [-0.15, -0.1) is 0 Å². The molecule has 0 radical (unpaired) electrons. The Bertz CT molecular complexity index is 1250.